The molecule has 0 aromatic carbocycles. The number of aromatic nitrogens is 2. The van der Waals surface area contributed by atoms with E-state index >= 15 is 0 Å². The first-order chi connectivity index (χ1) is 7.02. The third-order valence-corrected chi connectivity index (χ3v) is 2.07. The Labute approximate surface area is 93.6 Å². The minimum Gasteiger partial charge on any atom is -0.392 e. The summed E-state index contributed by atoms with van der Waals surface area (Å²) in [5.74, 6) is -0.143. The summed E-state index contributed by atoms with van der Waals surface area (Å²) in [7, 11) is 0. The van der Waals surface area contributed by atoms with Crippen LogP contribution in [0.4, 0.5) is 0 Å². The lowest BCUT2D eigenvalue weighted by molar-refractivity contribution is 0.0730. The second-order valence-electron chi connectivity index (χ2n) is 3.46. The highest BCUT2D eigenvalue weighted by atomic mass is 32.1. The summed E-state index contributed by atoms with van der Waals surface area (Å²) >= 11 is 4.80. The predicted molar refractivity (Wildman–Crippen MR) is 61.5 cm³/mol. The molecule has 82 valence electrons. The van der Waals surface area contributed by atoms with E-state index in [4.69, 9.17) is 18.0 Å². The van der Waals surface area contributed by atoms with E-state index in [0.29, 0.717) is 10.7 Å². The monoisotopic (exact) mass is 226 g/mol. The number of thiocarbonyl (C=S) groups is 1. The number of nitrogens with zero attached hydrogens (tertiary/aromatic N) is 2. The maximum Gasteiger partial charge on any atom is 0.272 e. The number of H-pyrrole nitrogens is 1. The van der Waals surface area contributed by atoms with Crippen molar-refractivity contribution in [1.29, 1.82) is 0 Å². The lowest BCUT2D eigenvalue weighted by atomic mass is 10.2. The molecule has 0 aliphatic rings. The highest BCUT2D eigenvalue weighted by Crippen LogP contribution is 2.05. The second kappa shape index (κ2) is 4.88. The first-order valence-electron chi connectivity index (χ1n) is 4.61. The number of carbonyl (C=O) groups is 1. The number of hydrogen-bond donors (Lipinski definition) is 2. The molecule has 0 aliphatic carbocycles. The van der Waals surface area contributed by atoms with Gasteiger partial charge in [0, 0.05) is 12.2 Å². The molecule has 1 aromatic rings. The fourth-order valence-electron chi connectivity index (χ4n) is 1.19. The molecule has 5 nitrogen and oxygen atoms in total. The van der Waals surface area contributed by atoms with Crippen molar-refractivity contribution in [3.05, 3.63) is 18.0 Å². The Bertz CT molecular complexity index is 347. The fraction of sp³-hybridized carbons (Fsp3) is 0.444. The van der Waals surface area contributed by atoms with Crippen LogP contribution in [0.5, 0.6) is 0 Å². The molecule has 15 heavy (non-hydrogen) atoms. The molecule has 0 bridgehead atoms. The second-order valence-corrected chi connectivity index (χ2v) is 3.99. The van der Waals surface area contributed by atoms with Gasteiger partial charge in [0.05, 0.1) is 11.5 Å². The average molecular weight is 226 g/mol. The first-order valence-corrected chi connectivity index (χ1v) is 5.02. The Morgan fingerprint density at radius 1 is 1.73 bits per heavy atom. The van der Waals surface area contributed by atoms with Crippen LogP contribution in [0.1, 0.15) is 24.3 Å². The Kier molecular flexibility index (Phi) is 3.79. The molecule has 0 saturated carbocycles. The van der Waals surface area contributed by atoms with Crippen molar-refractivity contribution in [1.82, 2.24) is 15.1 Å². The van der Waals surface area contributed by atoms with Gasteiger partial charge in [-0.3, -0.25) is 9.89 Å². The Balaban J connectivity index is 2.81. The summed E-state index contributed by atoms with van der Waals surface area (Å²) in [6.07, 6.45) is 1.53. The van der Waals surface area contributed by atoms with Gasteiger partial charge in [0.15, 0.2) is 0 Å². The van der Waals surface area contributed by atoms with Gasteiger partial charge in [-0.2, -0.15) is 5.10 Å². The Morgan fingerprint density at radius 3 is 2.80 bits per heavy atom. The normalized spacial score (nSPS) is 10.3. The number of aromatic amines is 1. The van der Waals surface area contributed by atoms with E-state index in [9.17, 15) is 4.79 Å². The van der Waals surface area contributed by atoms with Crippen LogP contribution in [0, 0.1) is 0 Å². The molecule has 0 radical (unpaired) electrons. The standard InChI is InChI=1S/C9H14N4OS/c1-6(2)13(5-8(10)15)9(14)7-3-4-11-12-7/h3-4,6H,5H2,1-2H3,(H2,10,15)(H,11,12). The predicted octanol–water partition coefficient (Wildman–Crippen LogP) is 0.546. The van der Waals surface area contributed by atoms with Crippen molar-refractivity contribution in [2.45, 2.75) is 19.9 Å². The molecule has 0 fully saturated rings. The zero-order valence-corrected chi connectivity index (χ0v) is 9.54. The third kappa shape index (κ3) is 3.02. The van der Waals surface area contributed by atoms with Gasteiger partial charge in [-0.05, 0) is 19.9 Å². The van der Waals surface area contributed by atoms with Crippen molar-refractivity contribution < 1.29 is 4.79 Å². The molecule has 1 rings (SSSR count). The summed E-state index contributed by atoms with van der Waals surface area (Å²) in [6.45, 7) is 4.10. The summed E-state index contributed by atoms with van der Waals surface area (Å²) in [5, 5.41) is 6.35. The Hall–Kier alpha value is -1.43. The number of rotatable bonds is 4. The van der Waals surface area contributed by atoms with E-state index in [1.165, 1.54) is 6.20 Å². The molecule has 0 spiro atoms. The van der Waals surface area contributed by atoms with Crippen LogP contribution in [0.3, 0.4) is 0 Å². The third-order valence-electron chi connectivity index (χ3n) is 1.94. The largest absolute Gasteiger partial charge is 0.392 e. The van der Waals surface area contributed by atoms with Crippen LogP contribution in [-0.2, 0) is 0 Å². The molecule has 0 aliphatic heterocycles. The smallest absolute Gasteiger partial charge is 0.272 e. The van der Waals surface area contributed by atoms with Crippen molar-refractivity contribution in [2.24, 2.45) is 5.73 Å². The van der Waals surface area contributed by atoms with E-state index < -0.39 is 0 Å². The summed E-state index contributed by atoms with van der Waals surface area (Å²) in [6, 6.07) is 1.67. The zero-order chi connectivity index (χ0) is 11.4. The number of carbonyl (C=O) groups excluding carboxylic acids is 1. The Morgan fingerprint density at radius 2 is 2.40 bits per heavy atom. The number of amides is 1. The summed E-state index contributed by atoms with van der Waals surface area (Å²) in [4.78, 5) is 13.8. The maximum atomic E-state index is 11.9. The van der Waals surface area contributed by atoms with E-state index in [1.807, 2.05) is 13.8 Å². The average Bonchev–Trinajstić information content (AvgIpc) is 2.65. The molecule has 1 amide bonds. The lowest BCUT2D eigenvalue weighted by Gasteiger charge is -2.25. The first kappa shape index (κ1) is 11.6. The molecule has 3 N–H and O–H groups in total. The van der Waals surface area contributed by atoms with Crippen LogP contribution < -0.4 is 5.73 Å². The van der Waals surface area contributed by atoms with Gasteiger partial charge in [0.1, 0.15) is 5.69 Å². The minimum atomic E-state index is -0.143. The number of hydrogen-bond acceptors (Lipinski definition) is 3. The van der Waals surface area contributed by atoms with Gasteiger partial charge < -0.3 is 10.6 Å². The van der Waals surface area contributed by atoms with E-state index in [1.54, 1.807) is 11.0 Å². The van der Waals surface area contributed by atoms with Crippen LogP contribution in [0.25, 0.3) is 0 Å². The SMILES string of the molecule is CC(C)N(CC(N)=S)C(=O)c1ccn[nH]1. The molecule has 1 heterocycles. The van der Waals surface area contributed by atoms with E-state index in [-0.39, 0.29) is 18.5 Å². The highest BCUT2D eigenvalue weighted by molar-refractivity contribution is 7.80. The zero-order valence-electron chi connectivity index (χ0n) is 8.73. The van der Waals surface area contributed by atoms with Gasteiger partial charge in [0.2, 0.25) is 0 Å². The van der Waals surface area contributed by atoms with Crippen molar-refractivity contribution in [3.63, 3.8) is 0 Å². The minimum absolute atomic E-state index is 0.0438. The summed E-state index contributed by atoms with van der Waals surface area (Å²) in [5.41, 5.74) is 5.88. The van der Waals surface area contributed by atoms with E-state index in [2.05, 4.69) is 10.2 Å². The quantitative estimate of drug-likeness (QED) is 0.735. The molecular formula is C9H14N4OS. The van der Waals surface area contributed by atoms with Gasteiger partial charge >= 0.3 is 0 Å². The van der Waals surface area contributed by atoms with Crippen LogP contribution in [0.15, 0.2) is 12.3 Å². The van der Waals surface area contributed by atoms with Crippen molar-refractivity contribution in [3.8, 4) is 0 Å². The van der Waals surface area contributed by atoms with Crippen LogP contribution in [-0.4, -0.2) is 38.6 Å². The van der Waals surface area contributed by atoms with Crippen molar-refractivity contribution in [2.75, 3.05) is 6.54 Å². The van der Waals surface area contributed by atoms with E-state index in [0.717, 1.165) is 0 Å². The van der Waals surface area contributed by atoms with Gasteiger partial charge in [-0.1, -0.05) is 12.2 Å². The fourth-order valence-corrected chi connectivity index (χ4v) is 1.33. The molecule has 0 saturated heterocycles. The molecule has 1 aromatic heterocycles. The van der Waals surface area contributed by atoms with Crippen LogP contribution >= 0.6 is 12.2 Å². The molecule has 0 unspecified atom stereocenters. The van der Waals surface area contributed by atoms with Gasteiger partial charge in [-0.25, -0.2) is 0 Å². The van der Waals surface area contributed by atoms with Gasteiger partial charge in [0.25, 0.3) is 5.91 Å². The number of nitrogens with two attached hydrogens (primary N) is 1. The molecule has 6 heteroatoms. The summed E-state index contributed by atoms with van der Waals surface area (Å²) < 4.78 is 0. The topological polar surface area (TPSA) is 75.0 Å². The van der Waals surface area contributed by atoms with Crippen LogP contribution in [0.2, 0.25) is 0 Å². The number of nitrogens with one attached hydrogen (secondary N) is 1. The van der Waals surface area contributed by atoms with Gasteiger partial charge in [-0.15, -0.1) is 0 Å². The molecule has 0 atom stereocenters. The lowest BCUT2D eigenvalue weighted by Crippen LogP contribution is -2.42. The van der Waals surface area contributed by atoms with Crippen molar-refractivity contribution >= 4 is 23.1 Å². The maximum absolute atomic E-state index is 11.9. The molecular weight excluding hydrogens is 212 g/mol. The highest BCUT2D eigenvalue weighted by Gasteiger charge is 2.20.